The first-order valence-electron chi connectivity index (χ1n) is 6.28. The fourth-order valence-corrected chi connectivity index (χ4v) is 2.13. The topological polar surface area (TPSA) is 81.4 Å². The molecule has 0 aliphatic heterocycles. The number of hydrogen-bond donors (Lipinski definition) is 2. The maximum atomic E-state index is 11.9. The average Bonchev–Trinajstić information content (AvgIpc) is 2.29. The second-order valence-electron chi connectivity index (χ2n) is 4.54. The largest absolute Gasteiger partial charge is 0.464 e. The van der Waals surface area contributed by atoms with E-state index in [9.17, 15) is 9.59 Å². The van der Waals surface area contributed by atoms with Crippen molar-refractivity contribution in [3.05, 3.63) is 0 Å². The van der Waals surface area contributed by atoms with Gasteiger partial charge in [0.25, 0.3) is 0 Å². The predicted octanol–water partition coefficient (Wildman–Crippen LogP) is 0.572. The predicted molar refractivity (Wildman–Crippen MR) is 64.2 cm³/mol. The van der Waals surface area contributed by atoms with E-state index < -0.39 is 12.0 Å². The second kappa shape index (κ2) is 6.59. The molecule has 0 bridgehead atoms. The second-order valence-corrected chi connectivity index (χ2v) is 4.54. The summed E-state index contributed by atoms with van der Waals surface area (Å²) in [6.07, 6.45) is 3.80. The van der Waals surface area contributed by atoms with Gasteiger partial charge >= 0.3 is 5.97 Å². The molecule has 0 saturated heterocycles. The molecule has 5 heteroatoms. The molecule has 17 heavy (non-hydrogen) atoms. The lowest BCUT2D eigenvalue weighted by atomic mass is 9.84. The summed E-state index contributed by atoms with van der Waals surface area (Å²) in [7, 11) is 0. The van der Waals surface area contributed by atoms with Crippen LogP contribution in [0.4, 0.5) is 0 Å². The van der Waals surface area contributed by atoms with Crippen molar-refractivity contribution in [3.8, 4) is 0 Å². The monoisotopic (exact) mass is 242 g/mol. The molecule has 0 aromatic rings. The molecule has 0 radical (unpaired) electrons. The van der Waals surface area contributed by atoms with Crippen LogP contribution in [-0.2, 0) is 14.3 Å². The van der Waals surface area contributed by atoms with E-state index in [0.29, 0.717) is 6.61 Å². The van der Waals surface area contributed by atoms with E-state index in [4.69, 9.17) is 10.5 Å². The molecule has 0 spiro atoms. The molecular weight excluding hydrogens is 220 g/mol. The van der Waals surface area contributed by atoms with Crippen molar-refractivity contribution in [1.82, 2.24) is 5.32 Å². The van der Waals surface area contributed by atoms with Gasteiger partial charge in [-0.3, -0.25) is 4.79 Å². The summed E-state index contributed by atoms with van der Waals surface area (Å²) in [4.78, 5) is 23.3. The molecule has 0 heterocycles. The molecule has 1 rings (SSSR count). The molecule has 3 atom stereocenters. The molecule has 0 aromatic carbocycles. The highest BCUT2D eigenvalue weighted by Crippen LogP contribution is 2.23. The van der Waals surface area contributed by atoms with Crippen LogP contribution >= 0.6 is 0 Å². The number of nitrogens with one attached hydrogen (secondary N) is 1. The number of rotatable bonds is 4. The summed E-state index contributed by atoms with van der Waals surface area (Å²) in [6.45, 7) is 3.69. The van der Waals surface area contributed by atoms with Gasteiger partial charge in [0.05, 0.1) is 12.5 Å². The van der Waals surface area contributed by atoms with Gasteiger partial charge in [-0.1, -0.05) is 12.8 Å². The summed E-state index contributed by atoms with van der Waals surface area (Å²) in [5.74, 6) is -0.691. The van der Waals surface area contributed by atoms with E-state index in [1.165, 1.54) is 0 Å². The number of nitrogens with two attached hydrogens (primary N) is 1. The van der Waals surface area contributed by atoms with Crippen molar-refractivity contribution in [2.24, 2.45) is 11.7 Å². The Bertz CT molecular complexity index is 281. The highest BCUT2D eigenvalue weighted by atomic mass is 16.5. The normalized spacial score (nSPS) is 26.1. The van der Waals surface area contributed by atoms with Gasteiger partial charge in [0.2, 0.25) is 5.91 Å². The molecule has 1 aliphatic rings. The summed E-state index contributed by atoms with van der Waals surface area (Å²) >= 11 is 0. The maximum Gasteiger partial charge on any atom is 0.328 e. The van der Waals surface area contributed by atoms with Crippen molar-refractivity contribution in [1.29, 1.82) is 0 Å². The minimum Gasteiger partial charge on any atom is -0.464 e. The zero-order valence-corrected chi connectivity index (χ0v) is 10.6. The third kappa shape index (κ3) is 4.00. The van der Waals surface area contributed by atoms with E-state index in [1.54, 1.807) is 13.8 Å². The minimum absolute atomic E-state index is 0.0851. The quantitative estimate of drug-likeness (QED) is 0.706. The molecule has 1 fully saturated rings. The Labute approximate surface area is 102 Å². The number of hydrogen-bond acceptors (Lipinski definition) is 4. The zero-order chi connectivity index (χ0) is 12.8. The zero-order valence-electron chi connectivity index (χ0n) is 10.6. The lowest BCUT2D eigenvalue weighted by Gasteiger charge is -2.28. The maximum absolute atomic E-state index is 11.9. The van der Waals surface area contributed by atoms with Crippen LogP contribution in [-0.4, -0.2) is 30.6 Å². The van der Waals surface area contributed by atoms with Crippen LogP contribution in [0.25, 0.3) is 0 Å². The first-order chi connectivity index (χ1) is 8.06. The summed E-state index contributed by atoms with van der Waals surface area (Å²) in [5.41, 5.74) is 5.91. The first-order valence-corrected chi connectivity index (χ1v) is 6.28. The Balaban J connectivity index is 2.44. The van der Waals surface area contributed by atoms with Crippen molar-refractivity contribution < 1.29 is 14.3 Å². The summed E-state index contributed by atoms with van der Waals surface area (Å²) in [6, 6.07) is -0.685. The molecule has 3 N–H and O–H groups in total. The fraction of sp³-hybridized carbons (Fsp3) is 0.833. The van der Waals surface area contributed by atoms with Gasteiger partial charge in [-0.2, -0.15) is 0 Å². The Hall–Kier alpha value is -1.10. The molecule has 1 amide bonds. The highest BCUT2D eigenvalue weighted by molar-refractivity contribution is 5.85. The van der Waals surface area contributed by atoms with Crippen molar-refractivity contribution in [2.75, 3.05) is 6.61 Å². The van der Waals surface area contributed by atoms with Crippen molar-refractivity contribution >= 4 is 11.9 Å². The highest BCUT2D eigenvalue weighted by Gasteiger charge is 2.30. The number of carbonyl (C=O) groups excluding carboxylic acids is 2. The Morgan fingerprint density at radius 1 is 1.41 bits per heavy atom. The SMILES string of the molecule is CCOC(=O)C(C)NC(=O)C1CCCCC1N. The van der Waals surface area contributed by atoms with E-state index >= 15 is 0 Å². The Kier molecular flexibility index (Phi) is 5.41. The van der Waals surface area contributed by atoms with Crippen LogP contribution in [0.2, 0.25) is 0 Å². The molecule has 1 aliphatic carbocycles. The fourth-order valence-electron chi connectivity index (χ4n) is 2.13. The van der Waals surface area contributed by atoms with E-state index in [0.717, 1.165) is 25.7 Å². The molecule has 0 aromatic heterocycles. The standard InChI is InChI=1S/C12H22N2O3/c1-3-17-12(16)8(2)14-11(15)9-6-4-5-7-10(9)13/h8-10H,3-7,13H2,1-2H3,(H,14,15). The van der Waals surface area contributed by atoms with Crippen LogP contribution in [0.3, 0.4) is 0 Å². The van der Waals surface area contributed by atoms with Crippen LogP contribution in [0.5, 0.6) is 0 Å². The molecule has 98 valence electrons. The molecule has 5 nitrogen and oxygen atoms in total. The molecule has 1 saturated carbocycles. The van der Waals surface area contributed by atoms with Gasteiger partial charge in [-0.25, -0.2) is 4.79 Å². The number of esters is 1. The van der Waals surface area contributed by atoms with Gasteiger partial charge < -0.3 is 15.8 Å². The van der Waals surface area contributed by atoms with Crippen molar-refractivity contribution in [3.63, 3.8) is 0 Å². The number of ether oxygens (including phenoxy) is 1. The van der Waals surface area contributed by atoms with Gasteiger partial charge in [0, 0.05) is 6.04 Å². The van der Waals surface area contributed by atoms with Crippen LogP contribution in [0, 0.1) is 5.92 Å². The minimum atomic E-state index is -0.600. The van der Waals surface area contributed by atoms with Gasteiger partial charge in [-0.15, -0.1) is 0 Å². The Morgan fingerprint density at radius 2 is 2.06 bits per heavy atom. The van der Waals surface area contributed by atoms with E-state index in [2.05, 4.69) is 5.32 Å². The summed E-state index contributed by atoms with van der Waals surface area (Å²) in [5, 5.41) is 2.67. The van der Waals surface area contributed by atoms with E-state index in [-0.39, 0.29) is 17.9 Å². The molecule has 3 unspecified atom stereocenters. The third-order valence-electron chi connectivity index (χ3n) is 3.16. The lowest BCUT2D eigenvalue weighted by molar-refractivity contribution is -0.147. The lowest BCUT2D eigenvalue weighted by Crippen LogP contribution is -2.48. The van der Waals surface area contributed by atoms with Crippen LogP contribution in [0.15, 0.2) is 0 Å². The first kappa shape index (κ1) is 14.0. The van der Waals surface area contributed by atoms with Gasteiger partial charge in [-0.05, 0) is 26.7 Å². The average molecular weight is 242 g/mol. The van der Waals surface area contributed by atoms with Crippen LogP contribution in [0.1, 0.15) is 39.5 Å². The van der Waals surface area contributed by atoms with Gasteiger partial charge in [0.15, 0.2) is 0 Å². The van der Waals surface area contributed by atoms with Crippen molar-refractivity contribution in [2.45, 2.75) is 51.6 Å². The molecular formula is C12H22N2O3. The summed E-state index contributed by atoms with van der Waals surface area (Å²) < 4.78 is 4.83. The Morgan fingerprint density at radius 3 is 2.65 bits per heavy atom. The number of amides is 1. The number of carbonyl (C=O) groups is 2. The smallest absolute Gasteiger partial charge is 0.328 e. The van der Waals surface area contributed by atoms with E-state index in [1.807, 2.05) is 0 Å². The third-order valence-corrected chi connectivity index (χ3v) is 3.16. The van der Waals surface area contributed by atoms with Crippen LogP contribution < -0.4 is 11.1 Å². The van der Waals surface area contributed by atoms with Gasteiger partial charge in [0.1, 0.15) is 6.04 Å².